The largest absolute Gasteiger partial charge is 0.480 e. The number of carbonyl (C=O) groups is 2. The van der Waals surface area contributed by atoms with Gasteiger partial charge in [0.2, 0.25) is 0 Å². The van der Waals surface area contributed by atoms with Crippen LogP contribution in [0.1, 0.15) is 40.2 Å². The van der Waals surface area contributed by atoms with Crippen molar-refractivity contribution in [3.63, 3.8) is 0 Å². The lowest BCUT2D eigenvalue weighted by atomic mass is 9.66. The summed E-state index contributed by atoms with van der Waals surface area (Å²) in [6.07, 6.45) is -0.669. The van der Waals surface area contributed by atoms with Gasteiger partial charge in [0.15, 0.2) is 0 Å². The number of carbonyl (C=O) groups excluding carboxylic acids is 1. The lowest BCUT2D eigenvalue weighted by Crippen LogP contribution is -2.47. The van der Waals surface area contributed by atoms with Gasteiger partial charge in [-0.1, -0.05) is 140 Å². The van der Waals surface area contributed by atoms with Crippen molar-refractivity contribution in [1.82, 2.24) is 5.32 Å². The first kappa shape index (κ1) is 27.0. The number of amides is 1. The van der Waals surface area contributed by atoms with Crippen molar-refractivity contribution in [2.24, 2.45) is 0 Å². The summed E-state index contributed by atoms with van der Waals surface area (Å²) in [7, 11) is 0. The molecule has 1 aliphatic carbocycles. The number of ether oxygens (including phenoxy) is 1. The van der Waals surface area contributed by atoms with Gasteiger partial charge in [0.25, 0.3) is 0 Å². The van der Waals surface area contributed by atoms with Crippen molar-refractivity contribution >= 4 is 12.1 Å². The van der Waals surface area contributed by atoms with E-state index < -0.39 is 23.5 Å². The molecule has 0 spiro atoms. The third-order valence-electron chi connectivity index (χ3n) is 8.24. The molecule has 0 unspecified atom stereocenters. The Kier molecular flexibility index (Phi) is 7.56. The average molecular weight is 554 g/mol. The Morgan fingerprint density at radius 1 is 0.643 bits per heavy atom. The van der Waals surface area contributed by atoms with E-state index in [2.05, 4.69) is 29.6 Å². The standard InChI is InChI=1S/C37H31NO4/c39-35(40)34(38-36(41)42-25-33-31-22-12-10-20-29(31)30-21-11-13-23-32(30)33)24-37(26-14-4-1-5-15-26,27-16-6-2-7-17-27)28-18-8-3-9-19-28/h1-23,33-34H,24-25H2,(H,38,41)(H,39,40)/t34-/m0/s1. The fourth-order valence-corrected chi connectivity index (χ4v) is 6.31. The number of fused-ring (bicyclic) bond motifs is 3. The summed E-state index contributed by atoms with van der Waals surface area (Å²) < 4.78 is 5.74. The fourth-order valence-electron chi connectivity index (χ4n) is 6.31. The fraction of sp³-hybridized carbons (Fsp3) is 0.135. The Morgan fingerprint density at radius 2 is 1.05 bits per heavy atom. The van der Waals surface area contributed by atoms with E-state index in [4.69, 9.17) is 4.74 Å². The predicted octanol–water partition coefficient (Wildman–Crippen LogP) is 7.40. The Bertz CT molecular complexity index is 1540. The number of hydrogen-bond donors (Lipinski definition) is 2. The van der Waals surface area contributed by atoms with Crippen molar-refractivity contribution in [2.75, 3.05) is 6.61 Å². The van der Waals surface area contributed by atoms with Crippen LogP contribution < -0.4 is 5.32 Å². The number of alkyl carbamates (subject to hydrolysis) is 1. The molecule has 208 valence electrons. The number of hydrogen-bond acceptors (Lipinski definition) is 3. The van der Waals surface area contributed by atoms with E-state index >= 15 is 0 Å². The van der Waals surface area contributed by atoms with Gasteiger partial charge in [-0.25, -0.2) is 9.59 Å². The highest BCUT2D eigenvalue weighted by molar-refractivity contribution is 5.81. The van der Waals surface area contributed by atoms with Crippen LogP contribution in [0.2, 0.25) is 0 Å². The van der Waals surface area contributed by atoms with Crippen molar-refractivity contribution in [3.8, 4) is 11.1 Å². The molecule has 1 aliphatic rings. The number of benzene rings is 5. The second kappa shape index (κ2) is 11.8. The Hall–Kier alpha value is -5.16. The highest BCUT2D eigenvalue weighted by atomic mass is 16.5. The highest BCUT2D eigenvalue weighted by Crippen LogP contribution is 2.45. The van der Waals surface area contributed by atoms with E-state index in [1.165, 1.54) is 0 Å². The van der Waals surface area contributed by atoms with Crippen LogP contribution in [0.15, 0.2) is 140 Å². The smallest absolute Gasteiger partial charge is 0.407 e. The topological polar surface area (TPSA) is 75.6 Å². The number of aliphatic carboxylic acids is 1. The van der Waals surface area contributed by atoms with Crippen LogP contribution in [-0.2, 0) is 14.9 Å². The maximum Gasteiger partial charge on any atom is 0.407 e. The summed E-state index contributed by atoms with van der Waals surface area (Å²) in [6.45, 7) is 0.105. The van der Waals surface area contributed by atoms with E-state index in [0.29, 0.717) is 0 Å². The van der Waals surface area contributed by atoms with Gasteiger partial charge in [-0.15, -0.1) is 0 Å². The zero-order valence-electron chi connectivity index (χ0n) is 23.0. The summed E-state index contributed by atoms with van der Waals surface area (Å²) >= 11 is 0. The van der Waals surface area contributed by atoms with Crippen LogP contribution in [0.4, 0.5) is 4.79 Å². The molecular weight excluding hydrogens is 522 g/mol. The lowest BCUT2D eigenvalue weighted by Gasteiger charge is -2.38. The van der Waals surface area contributed by atoms with Crippen LogP contribution >= 0.6 is 0 Å². The first-order valence-corrected chi connectivity index (χ1v) is 14.1. The molecule has 0 fully saturated rings. The molecule has 5 nitrogen and oxygen atoms in total. The molecule has 0 aromatic heterocycles. The van der Waals surface area contributed by atoms with Gasteiger partial charge < -0.3 is 15.2 Å². The average Bonchev–Trinajstić information content (AvgIpc) is 3.37. The zero-order chi connectivity index (χ0) is 28.9. The number of rotatable bonds is 9. The zero-order valence-corrected chi connectivity index (χ0v) is 23.0. The van der Waals surface area contributed by atoms with Crippen LogP contribution in [0.5, 0.6) is 0 Å². The van der Waals surface area contributed by atoms with E-state index in [0.717, 1.165) is 38.9 Å². The predicted molar refractivity (Wildman–Crippen MR) is 163 cm³/mol. The molecule has 0 saturated carbocycles. The Labute approximate surface area is 245 Å². The minimum absolute atomic E-state index is 0.0879. The molecule has 0 saturated heterocycles. The van der Waals surface area contributed by atoms with Crippen LogP contribution in [-0.4, -0.2) is 29.8 Å². The van der Waals surface area contributed by atoms with Gasteiger partial charge in [0, 0.05) is 11.3 Å². The summed E-state index contributed by atoms with van der Waals surface area (Å²) in [5.74, 6) is -1.25. The van der Waals surface area contributed by atoms with Crippen LogP contribution in [0, 0.1) is 0 Å². The van der Waals surface area contributed by atoms with Crippen molar-refractivity contribution in [1.29, 1.82) is 0 Å². The van der Waals surface area contributed by atoms with Crippen LogP contribution in [0.3, 0.4) is 0 Å². The Morgan fingerprint density at radius 3 is 1.48 bits per heavy atom. The molecule has 0 heterocycles. The molecule has 0 radical (unpaired) electrons. The third kappa shape index (κ3) is 5.06. The molecule has 0 aliphatic heterocycles. The van der Waals surface area contributed by atoms with Crippen molar-refractivity contribution in [3.05, 3.63) is 167 Å². The highest BCUT2D eigenvalue weighted by Gasteiger charge is 2.41. The van der Waals surface area contributed by atoms with E-state index in [1.807, 2.05) is 115 Å². The van der Waals surface area contributed by atoms with Gasteiger partial charge in [-0.2, -0.15) is 0 Å². The molecule has 5 aromatic rings. The molecular formula is C37H31NO4. The number of carboxylic acids is 1. The Balaban J connectivity index is 1.30. The van der Waals surface area contributed by atoms with Gasteiger partial charge in [-0.3, -0.25) is 0 Å². The maximum absolute atomic E-state index is 13.2. The monoisotopic (exact) mass is 553 g/mol. The second-order valence-electron chi connectivity index (χ2n) is 10.6. The molecule has 5 heteroatoms. The SMILES string of the molecule is O=C(N[C@@H](CC(c1ccccc1)(c1ccccc1)c1ccccc1)C(=O)O)OCC1c2ccccc2-c2ccccc21. The maximum atomic E-state index is 13.2. The molecule has 42 heavy (non-hydrogen) atoms. The van der Waals surface area contributed by atoms with Gasteiger partial charge in [0.05, 0.1) is 0 Å². The first-order chi connectivity index (χ1) is 20.6. The molecule has 1 atom stereocenters. The lowest BCUT2D eigenvalue weighted by molar-refractivity contribution is -0.139. The van der Waals surface area contributed by atoms with E-state index in [1.54, 1.807) is 0 Å². The van der Waals surface area contributed by atoms with Crippen molar-refractivity contribution < 1.29 is 19.4 Å². The van der Waals surface area contributed by atoms with E-state index in [-0.39, 0.29) is 18.9 Å². The van der Waals surface area contributed by atoms with Gasteiger partial charge >= 0.3 is 12.1 Å². The summed E-state index contributed by atoms with van der Waals surface area (Å²) in [6, 6.07) is 44.5. The van der Waals surface area contributed by atoms with Crippen LogP contribution in [0.25, 0.3) is 11.1 Å². The summed E-state index contributed by atoms with van der Waals surface area (Å²) in [5, 5.41) is 13.1. The third-order valence-corrected chi connectivity index (χ3v) is 8.24. The molecule has 0 bridgehead atoms. The molecule has 2 N–H and O–H groups in total. The second-order valence-corrected chi connectivity index (χ2v) is 10.6. The quantitative estimate of drug-likeness (QED) is 0.187. The minimum atomic E-state index is -1.22. The van der Waals surface area contributed by atoms with Gasteiger partial charge in [-0.05, 0) is 45.4 Å². The minimum Gasteiger partial charge on any atom is -0.480 e. The summed E-state index contributed by atoms with van der Waals surface area (Å²) in [5.41, 5.74) is 6.40. The first-order valence-electron chi connectivity index (χ1n) is 14.1. The van der Waals surface area contributed by atoms with Crippen molar-refractivity contribution in [2.45, 2.75) is 23.8 Å². The number of carboxylic acid groups (broad SMARTS) is 1. The normalized spacial score (nSPS) is 13.0. The number of nitrogens with one attached hydrogen (secondary N) is 1. The van der Waals surface area contributed by atoms with E-state index in [9.17, 15) is 14.7 Å². The molecule has 5 aromatic carbocycles. The summed E-state index contributed by atoms with van der Waals surface area (Å²) in [4.78, 5) is 26.0. The van der Waals surface area contributed by atoms with Gasteiger partial charge in [0.1, 0.15) is 12.6 Å². The molecule has 6 rings (SSSR count). The molecule has 1 amide bonds.